The first-order valence-corrected chi connectivity index (χ1v) is 7.49. The van der Waals surface area contributed by atoms with E-state index in [9.17, 15) is 4.79 Å². The van der Waals surface area contributed by atoms with Crippen LogP contribution in [0, 0.1) is 23.7 Å². The van der Waals surface area contributed by atoms with Gasteiger partial charge >= 0.3 is 0 Å². The maximum atomic E-state index is 12.0. The third-order valence-corrected chi connectivity index (χ3v) is 5.30. The molecule has 5 unspecified atom stereocenters. The predicted molar refractivity (Wildman–Crippen MR) is 71.0 cm³/mol. The smallest absolute Gasteiger partial charge is 0.220 e. The average Bonchev–Trinajstić information content (AvgIpc) is 2.89. The normalized spacial score (nSPS) is 34.6. The second-order valence-corrected chi connectivity index (χ2v) is 6.44. The van der Waals surface area contributed by atoms with E-state index in [4.69, 9.17) is 11.6 Å². The van der Waals surface area contributed by atoms with Crippen LogP contribution in [0.4, 0.5) is 0 Å². The molecule has 0 saturated heterocycles. The lowest BCUT2D eigenvalue weighted by Gasteiger charge is -2.24. The molecule has 0 aromatic carbocycles. The Morgan fingerprint density at radius 2 is 2.12 bits per heavy atom. The van der Waals surface area contributed by atoms with Crippen molar-refractivity contribution in [2.24, 2.45) is 23.7 Å². The van der Waals surface area contributed by atoms with Crippen molar-refractivity contribution in [3.63, 3.8) is 0 Å². The summed E-state index contributed by atoms with van der Waals surface area (Å²) in [7, 11) is 0. The van der Waals surface area contributed by atoms with E-state index < -0.39 is 0 Å². The Kier molecular flexibility index (Phi) is 4.35. The van der Waals surface area contributed by atoms with Crippen molar-refractivity contribution in [3.05, 3.63) is 0 Å². The highest BCUT2D eigenvalue weighted by Crippen LogP contribution is 2.49. The molecule has 2 saturated carbocycles. The van der Waals surface area contributed by atoms with Crippen molar-refractivity contribution in [1.82, 2.24) is 5.32 Å². The molecule has 2 rings (SSSR count). The Morgan fingerprint density at radius 3 is 2.65 bits per heavy atom. The lowest BCUT2D eigenvalue weighted by Crippen LogP contribution is -2.38. The third kappa shape index (κ3) is 3.15. The Morgan fingerprint density at radius 1 is 1.35 bits per heavy atom. The van der Waals surface area contributed by atoms with Gasteiger partial charge in [0.05, 0.1) is 0 Å². The first kappa shape index (κ1) is 13.2. The molecular formula is C14H24ClNO. The van der Waals surface area contributed by atoms with Crippen LogP contribution >= 0.6 is 11.6 Å². The predicted octanol–water partition coefficient (Wildman–Crippen LogP) is 3.19. The van der Waals surface area contributed by atoms with Gasteiger partial charge < -0.3 is 5.32 Å². The lowest BCUT2D eigenvalue weighted by molar-refractivity contribution is -0.123. The minimum Gasteiger partial charge on any atom is -0.353 e. The van der Waals surface area contributed by atoms with Gasteiger partial charge in [0, 0.05) is 18.3 Å². The highest BCUT2D eigenvalue weighted by atomic mass is 35.5. The zero-order valence-corrected chi connectivity index (χ0v) is 11.7. The summed E-state index contributed by atoms with van der Waals surface area (Å²) in [5.41, 5.74) is 0. The van der Waals surface area contributed by atoms with Crippen LogP contribution in [0.15, 0.2) is 0 Å². The van der Waals surface area contributed by atoms with Gasteiger partial charge in [-0.3, -0.25) is 4.79 Å². The van der Waals surface area contributed by atoms with Crippen LogP contribution in [0.3, 0.4) is 0 Å². The molecule has 0 aliphatic heterocycles. The van der Waals surface area contributed by atoms with E-state index in [2.05, 4.69) is 12.2 Å². The summed E-state index contributed by atoms with van der Waals surface area (Å²) in [5.74, 6) is 3.61. The lowest BCUT2D eigenvalue weighted by atomic mass is 9.86. The molecule has 0 aromatic heterocycles. The number of carbonyl (C=O) groups excluding carboxylic acids is 1. The molecule has 5 atom stereocenters. The van der Waals surface area contributed by atoms with Crippen molar-refractivity contribution in [3.8, 4) is 0 Å². The maximum absolute atomic E-state index is 12.0. The number of rotatable bonds is 5. The van der Waals surface area contributed by atoms with Crippen LogP contribution in [-0.4, -0.2) is 17.8 Å². The number of hydrogen-bond donors (Lipinski definition) is 1. The topological polar surface area (TPSA) is 29.1 Å². The summed E-state index contributed by atoms with van der Waals surface area (Å²) in [4.78, 5) is 12.0. The van der Waals surface area contributed by atoms with Crippen LogP contribution in [0.1, 0.15) is 46.0 Å². The SMILES string of the molecule is CC(CCl)C(C)NC(=O)CC1CC2CCC1C2. The molecule has 2 aliphatic rings. The minimum atomic E-state index is 0.193. The second-order valence-electron chi connectivity index (χ2n) is 6.13. The summed E-state index contributed by atoms with van der Waals surface area (Å²) in [5, 5.41) is 3.09. The standard InChI is InChI=1S/C14H24ClNO/c1-9(8-15)10(2)16-14(17)7-13-6-11-3-4-12(13)5-11/h9-13H,3-8H2,1-2H3,(H,16,17). The molecule has 0 spiro atoms. The largest absolute Gasteiger partial charge is 0.353 e. The van der Waals surface area contributed by atoms with E-state index in [-0.39, 0.29) is 11.9 Å². The molecule has 2 fully saturated rings. The van der Waals surface area contributed by atoms with Gasteiger partial charge in [-0.15, -0.1) is 11.6 Å². The van der Waals surface area contributed by atoms with E-state index in [0.717, 1.165) is 18.3 Å². The highest BCUT2D eigenvalue weighted by molar-refractivity contribution is 6.18. The molecule has 0 aromatic rings. The zero-order chi connectivity index (χ0) is 12.4. The Labute approximate surface area is 109 Å². The molecule has 0 heterocycles. The highest BCUT2D eigenvalue weighted by Gasteiger charge is 2.40. The number of amides is 1. The van der Waals surface area contributed by atoms with Crippen molar-refractivity contribution < 1.29 is 4.79 Å². The minimum absolute atomic E-state index is 0.193. The molecule has 17 heavy (non-hydrogen) atoms. The summed E-state index contributed by atoms with van der Waals surface area (Å²) < 4.78 is 0. The fourth-order valence-corrected chi connectivity index (χ4v) is 3.72. The van der Waals surface area contributed by atoms with Crippen LogP contribution in [-0.2, 0) is 4.79 Å². The number of hydrogen-bond acceptors (Lipinski definition) is 1. The van der Waals surface area contributed by atoms with Gasteiger partial charge in [-0.05, 0) is 49.9 Å². The fourth-order valence-electron chi connectivity index (χ4n) is 3.45. The average molecular weight is 258 g/mol. The van der Waals surface area contributed by atoms with Crippen LogP contribution in [0.25, 0.3) is 0 Å². The second kappa shape index (κ2) is 5.60. The molecule has 1 N–H and O–H groups in total. The van der Waals surface area contributed by atoms with Gasteiger partial charge in [0.25, 0.3) is 0 Å². The third-order valence-electron chi connectivity index (χ3n) is 4.82. The number of alkyl halides is 1. The van der Waals surface area contributed by atoms with Crippen molar-refractivity contribution >= 4 is 17.5 Å². The molecule has 98 valence electrons. The first-order valence-electron chi connectivity index (χ1n) is 6.95. The number of halogens is 1. The summed E-state index contributed by atoms with van der Waals surface area (Å²) in [6.07, 6.45) is 6.17. The summed E-state index contributed by atoms with van der Waals surface area (Å²) >= 11 is 5.80. The quantitative estimate of drug-likeness (QED) is 0.753. The maximum Gasteiger partial charge on any atom is 0.220 e. The van der Waals surface area contributed by atoms with E-state index in [1.54, 1.807) is 0 Å². The van der Waals surface area contributed by atoms with Gasteiger partial charge in [-0.2, -0.15) is 0 Å². The van der Waals surface area contributed by atoms with Gasteiger partial charge in [-0.1, -0.05) is 13.3 Å². The Bertz CT molecular complexity index is 281. The molecule has 2 aliphatic carbocycles. The summed E-state index contributed by atoms with van der Waals surface area (Å²) in [6.45, 7) is 4.13. The zero-order valence-electron chi connectivity index (χ0n) is 10.9. The molecule has 2 nitrogen and oxygen atoms in total. The number of nitrogens with one attached hydrogen (secondary N) is 1. The van der Waals surface area contributed by atoms with Gasteiger partial charge in [0.15, 0.2) is 0 Å². The van der Waals surface area contributed by atoms with Crippen molar-refractivity contribution in [1.29, 1.82) is 0 Å². The molecular weight excluding hydrogens is 234 g/mol. The Hall–Kier alpha value is -0.240. The van der Waals surface area contributed by atoms with Crippen LogP contribution in [0.5, 0.6) is 0 Å². The van der Waals surface area contributed by atoms with Crippen molar-refractivity contribution in [2.75, 3.05) is 5.88 Å². The van der Waals surface area contributed by atoms with E-state index in [0.29, 0.717) is 17.7 Å². The van der Waals surface area contributed by atoms with Crippen molar-refractivity contribution in [2.45, 2.75) is 52.0 Å². The number of fused-ring (bicyclic) bond motifs is 2. The molecule has 0 radical (unpaired) electrons. The van der Waals surface area contributed by atoms with E-state index in [1.807, 2.05) is 6.92 Å². The van der Waals surface area contributed by atoms with Gasteiger partial charge in [0.2, 0.25) is 5.91 Å². The van der Waals surface area contributed by atoms with E-state index >= 15 is 0 Å². The number of carbonyl (C=O) groups is 1. The van der Waals surface area contributed by atoms with Crippen LogP contribution in [0.2, 0.25) is 0 Å². The molecule has 3 heteroatoms. The van der Waals surface area contributed by atoms with Gasteiger partial charge in [-0.25, -0.2) is 0 Å². The van der Waals surface area contributed by atoms with Gasteiger partial charge in [0.1, 0.15) is 0 Å². The van der Waals surface area contributed by atoms with E-state index in [1.165, 1.54) is 25.7 Å². The molecule has 2 bridgehead atoms. The summed E-state index contributed by atoms with van der Waals surface area (Å²) in [6, 6.07) is 0.193. The first-order chi connectivity index (χ1) is 8.10. The monoisotopic (exact) mass is 257 g/mol. The molecule has 1 amide bonds. The Balaban J connectivity index is 1.74. The van der Waals surface area contributed by atoms with Crippen LogP contribution < -0.4 is 5.32 Å². The fraction of sp³-hybridized carbons (Fsp3) is 0.929.